The van der Waals surface area contributed by atoms with E-state index in [1.165, 1.54) is 18.2 Å². The Morgan fingerprint density at radius 3 is 2.80 bits per heavy atom. The first-order valence-electron chi connectivity index (χ1n) is 4.80. The number of aryl methyl sites for hydroxylation is 1. The van der Waals surface area contributed by atoms with Gasteiger partial charge in [-0.3, -0.25) is 4.79 Å². The van der Waals surface area contributed by atoms with Crippen LogP contribution in [0.1, 0.15) is 22.8 Å². The summed E-state index contributed by atoms with van der Waals surface area (Å²) in [6, 6.07) is 4.18. The average Bonchev–Trinajstić information content (AvgIpc) is 2.18. The molecule has 1 aromatic rings. The Kier molecular flexibility index (Phi) is 3.80. The maximum Gasteiger partial charge on any atom is 0.251 e. The van der Waals surface area contributed by atoms with Gasteiger partial charge in [0.25, 0.3) is 5.91 Å². The minimum absolute atomic E-state index is 0.0875. The number of carbonyl (C=O) groups is 1. The molecule has 0 saturated carbocycles. The van der Waals surface area contributed by atoms with Crippen LogP contribution >= 0.6 is 0 Å². The molecule has 0 heterocycles. The molecule has 0 radical (unpaired) electrons. The zero-order valence-electron chi connectivity index (χ0n) is 8.88. The third-order valence-corrected chi connectivity index (χ3v) is 2.00. The van der Waals surface area contributed by atoms with Crippen molar-refractivity contribution in [1.82, 2.24) is 5.32 Å². The topological polar surface area (TPSA) is 55.1 Å². The fourth-order valence-electron chi connectivity index (χ4n) is 1.14. The molecule has 0 bridgehead atoms. The van der Waals surface area contributed by atoms with Crippen LogP contribution in [0, 0.1) is 12.7 Å². The number of amides is 1. The van der Waals surface area contributed by atoms with Crippen molar-refractivity contribution in [3.05, 3.63) is 35.1 Å². The smallest absolute Gasteiger partial charge is 0.251 e. The predicted molar refractivity (Wildman–Crippen MR) is 57.1 cm³/mol. The van der Waals surface area contributed by atoms with Gasteiger partial charge in [0.1, 0.15) is 5.82 Å². The van der Waals surface area contributed by atoms with Crippen molar-refractivity contribution in [3.8, 4) is 0 Å². The number of carbonyl (C=O) groups excluding carboxylic acids is 1. The lowest BCUT2D eigenvalue weighted by molar-refractivity contribution is 0.0951. The first kappa shape index (κ1) is 11.7. The summed E-state index contributed by atoms with van der Waals surface area (Å²) >= 11 is 0. The Morgan fingerprint density at radius 2 is 2.27 bits per heavy atom. The summed E-state index contributed by atoms with van der Waals surface area (Å²) in [6.45, 7) is 3.84. The molecule has 1 atom stereocenters. The molecule has 82 valence electrons. The molecule has 3 N–H and O–H groups in total. The van der Waals surface area contributed by atoms with Crippen molar-refractivity contribution in [2.45, 2.75) is 19.9 Å². The van der Waals surface area contributed by atoms with Crippen molar-refractivity contribution in [1.29, 1.82) is 0 Å². The SMILES string of the molecule is Cc1cc(C(=O)NCC(C)N)ccc1F. The molecule has 0 spiro atoms. The van der Waals surface area contributed by atoms with Crippen LogP contribution in [0.2, 0.25) is 0 Å². The van der Waals surface area contributed by atoms with Crippen molar-refractivity contribution in [2.75, 3.05) is 6.54 Å². The minimum Gasteiger partial charge on any atom is -0.350 e. The molecule has 0 aromatic heterocycles. The van der Waals surface area contributed by atoms with E-state index in [0.29, 0.717) is 17.7 Å². The van der Waals surface area contributed by atoms with Gasteiger partial charge in [0.05, 0.1) is 0 Å². The van der Waals surface area contributed by atoms with Gasteiger partial charge < -0.3 is 11.1 Å². The number of hydrogen-bond acceptors (Lipinski definition) is 2. The monoisotopic (exact) mass is 210 g/mol. The summed E-state index contributed by atoms with van der Waals surface area (Å²) in [5.74, 6) is -0.533. The molecule has 0 fully saturated rings. The zero-order chi connectivity index (χ0) is 11.4. The van der Waals surface area contributed by atoms with Crippen LogP contribution in [0.25, 0.3) is 0 Å². The van der Waals surface area contributed by atoms with Gasteiger partial charge in [0, 0.05) is 18.2 Å². The largest absolute Gasteiger partial charge is 0.350 e. The fourth-order valence-corrected chi connectivity index (χ4v) is 1.14. The Labute approximate surface area is 88.5 Å². The molecule has 1 aromatic carbocycles. The van der Waals surface area contributed by atoms with Crippen LogP contribution < -0.4 is 11.1 Å². The van der Waals surface area contributed by atoms with Crippen LogP contribution in [0.15, 0.2) is 18.2 Å². The molecule has 1 amide bonds. The number of nitrogens with one attached hydrogen (secondary N) is 1. The van der Waals surface area contributed by atoms with Crippen LogP contribution in [-0.2, 0) is 0 Å². The van der Waals surface area contributed by atoms with Crippen molar-refractivity contribution in [3.63, 3.8) is 0 Å². The second kappa shape index (κ2) is 4.89. The van der Waals surface area contributed by atoms with Gasteiger partial charge in [0.2, 0.25) is 0 Å². The summed E-state index contributed by atoms with van der Waals surface area (Å²) in [7, 11) is 0. The molecule has 0 saturated heterocycles. The van der Waals surface area contributed by atoms with E-state index in [1.807, 2.05) is 0 Å². The maximum atomic E-state index is 12.9. The zero-order valence-corrected chi connectivity index (χ0v) is 8.88. The number of benzene rings is 1. The maximum absolute atomic E-state index is 12.9. The highest BCUT2D eigenvalue weighted by atomic mass is 19.1. The van der Waals surface area contributed by atoms with Crippen molar-refractivity contribution in [2.24, 2.45) is 5.73 Å². The molecule has 1 unspecified atom stereocenters. The molecule has 4 heteroatoms. The quantitative estimate of drug-likeness (QED) is 0.788. The Hall–Kier alpha value is -1.42. The average molecular weight is 210 g/mol. The lowest BCUT2D eigenvalue weighted by Gasteiger charge is -2.08. The van der Waals surface area contributed by atoms with Gasteiger partial charge in [-0.1, -0.05) is 0 Å². The summed E-state index contributed by atoms with van der Waals surface area (Å²) < 4.78 is 12.9. The fraction of sp³-hybridized carbons (Fsp3) is 0.364. The first-order chi connectivity index (χ1) is 7.00. The minimum atomic E-state index is -0.307. The van der Waals surface area contributed by atoms with E-state index >= 15 is 0 Å². The van der Waals surface area contributed by atoms with Crippen molar-refractivity contribution < 1.29 is 9.18 Å². The Bertz CT molecular complexity index is 364. The Morgan fingerprint density at radius 1 is 1.60 bits per heavy atom. The molecular weight excluding hydrogens is 195 g/mol. The lowest BCUT2D eigenvalue weighted by Crippen LogP contribution is -2.35. The van der Waals surface area contributed by atoms with Gasteiger partial charge in [-0.15, -0.1) is 0 Å². The van der Waals surface area contributed by atoms with E-state index in [0.717, 1.165) is 0 Å². The third kappa shape index (κ3) is 3.32. The standard InChI is InChI=1S/C11H15FN2O/c1-7-5-9(3-4-10(7)12)11(15)14-6-8(2)13/h3-5,8H,6,13H2,1-2H3,(H,14,15). The molecule has 0 aliphatic carbocycles. The van der Waals surface area contributed by atoms with Gasteiger partial charge >= 0.3 is 0 Å². The summed E-state index contributed by atoms with van der Waals surface area (Å²) in [5, 5.41) is 2.66. The lowest BCUT2D eigenvalue weighted by atomic mass is 10.1. The van der Waals surface area contributed by atoms with Gasteiger partial charge in [-0.25, -0.2) is 4.39 Å². The highest BCUT2D eigenvalue weighted by Gasteiger charge is 2.07. The van der Waals surface area contributed by atoms with Crippen LogP contribution in [0.5, 0.6) is 0 Å². The molecule has 0 aliphatic heterocycles. The number of rotatable bonds is 3. The van der Waals surface area contributed by atoms with Gasteiger partial charge in [-0.2, -0.15) is 0 Å². The van der Waals surface area contributed by atoms with Crippen LogP contribution in [0.3, 0.4) is 0 Å². The van der Waals surface area contributed by atoms with E-state index in [4.69, 9.17) is 5.73 Å². The summed E-state index contributed by atoms with van der Waals surface area (Å²) in [6.07, 6.45) is 0. The van der Waals surface area contributed by atoms with E-state index in [-0.39, 0.29) is 17.8 Å². The number of halogens is 1. The number of hydrogen-bond donors (Lipinski definition) is 2. The highest BCUT2D eigenvalue weighted by Crippen LogP contribution is 2.08. The van der Waals surface area contributed by atoms with Crippen molar-refractivity contribution >= 4 is 5.91 Å². The van der Waals surface area contributed by atoms with E-state index in [1.54, 1.807) is 13.8 Å². The second-order valence-electron chi connectivity index (χ2n) is 3.65. The van der Waals surface area contributed by atoms with Crippen LogP contribution in [-0.4, -0.2) is 18.5 Å². The van der Waals surface area contributed by atoms with Gasteiger partial charge in [0.15, 0.2) is 0 Å². The first-order valence-corrected chi connectivity index (χ1v) is 4.80. The van der Waals surface area contributed by atoms with E-state index in [2.05, 4.69) is 5.32 Å². The predicted octanol–water partition coefficient (Wildman–Crippen LogP) is 1.21. The summed E-state index contributed by atoms with van der Waals surface area (Å²) in [5.41, 5.74) is 6.41. The Balaban J connectivity index is 2.70. The molecule has 15 heavy (non-hydrogen) atoms. The third-order valence-electron chi connectivity index (χ3n) is 2.00. The molecule has 1 rings (SSSR count). The second-order valence-corrected chi connectivity index (χ2v) is 3.65. The normalized spacial score (nSPS) is 12.3. The molecule has 3 nitrogen and oxygen atoms in total. The molecule has 0 aliphatic rings. The van der Waals surface area contributed by atoms with E-state index < -0.39 is 0 Å². The molecular formula is C11H15FN2O. The van der Waals surface area contributed by atoms with Gasteiger partial charge in [-0.05, 0) is 37.6 Å². The number of nitrogens with two attached hydrogens (primary N) is 1. The highest BCUT2D eigenvalue weighted by molar-refractivity contribution is 5.94. The van der Waals surface area contributed by atoms with Crippen LogP contribution in [0.4, 0.5) is 4.39 Å². The summed E-state index contributed by atoms with van der Waals surface area (Å²) in [4.78, 5) is 11.5. The van der Waals surface area contributed by atoms with E-state index in [9.17, 15) is 9.18 Å².